The predicted octanol–water partition coefficient (Wildman–Crippen LogP) is 6.46. The molecule has 5 nitrogen and oxygen atoms in total. The first-order valence-electron chi connectivity index (χ1n) is 9.98. The van der Waals surface area contributed by atoms with Gasteiger partial charge in [-0.1, -0.05) is 23.7 Å². The second kappa shape index (κ2) is 9.14. The number of halogens is 1. The molecule has 4 rings (SSSR count). The molecule has 0 aliphatic rings. The number of hydrogen-bond acceptors (Lipinski definition) is 4. The van der Waals surface area contributed by atoms with E-state index < -0.39 is 0 Å². The van der Waals surface area contributed by atoms with E-state index in [1.807, 2.05) is 56.3 Å². The van der Waals surface area contributed by atoms with E-state index in [1.54, 1.807) is 24.7 Å². The number of furan rings is 2. The van der Waals surface area contributed by atoms with Crippen molar-refractivity contribution in [2.45, 2.75) is 20.4 Å². The van der Waals surface area contributed by atoms with E-state index in [2.05, 4.69) is 5.32 Å². The van der Waals surface area contributed by atoms with Crippen molar-refractivity contribution < 1.29 is 18.4 Å². The molecule has 31 heavy (non-hydrogen) atoms. The molecule has 158 valence electrons. The van der Waals surface area contributed by atoms with Crippen LogP contribution < -0.4 is 10.1 Å². The lowest BCUT2D eigenvalue weighted by atomic mass is 9.99. The van der Waals surface area contributed by atoms with Crippen LogP contribution in [0.4, 0.5) is 0 Å². The van der Waals surface area contributed by atoms with Crippen molar-refractivity contribution in [1.82, 2.24) is 5.32 Å². The Morgan fingerprint density at radius 1 is 1.16 bits per heavy atom. The summed E-state index contributed by atoms with van der Waals surface area (Å²) in [6, 6.07) is 15.1. The van der Waals surface area contributed by atoms with Crippen molar-refractivity contribution in [1.29, 1.82) is 0 Å². The topological polar surface area (TPSA) is 64.6 Å². The number of carbonyl (C=O) groups is 1. The number of ether oxygens (including phenoxy) is 1. The van der Waals surface area contributed by atoms with Crippen LogP contribution in [-0.4, -0.2) is 12.5 Å². The van der Waals surface area contributed by atoms with Crippen molar-refractivity contribution in [2.24, 2.45) is 0 Å². The molecular weight excluding hydrogens is 414 g/mol. The minimum absolute atomic E-state index is 0.207. The van der Waals surface area contributed by atoms with Crippen LogP contribution in [0, 0.1) is 0 Å². The molecule has 2 aromatic heterocycles. The normalized spacial score (nSPS) is 11.6. The zero-order chi connectivity index (χ0) is 21.8. The van der Waals surface area contributed by atoms with Crippen LogP contribution in [-0.2, 0) is 11.3 Å². The first kappa shape index (κ1) is 20.8. The summed E-state index contributed by atoms with van der Waals surface area (Å²) < 4.78 is 16.9. The summed E-state index contributed by atoms with van der Waals surface area (Å²) in [7, 11) is 0. The summed E-state index contributed by atoms with van der Waals surface area (Å²) in [5.74, 6) is 1.16. The number of benzene rings is 2. The Hall–Kier alpha value is -3.44. The molecule has 2 heterocycles. The molecule has 0 saturated heterocycles. The maximum Gasteiger partial charge on any atom is 0.244 e. The molecular formula is C25H22ClNO4. The van der Waals surface area contributed by atoms with E-state index >= 15 is 0 Å². The molecule has 2 aromatic carbocycles. The number of nitrogens with one attached hydrogen (secondary N) is 1. The first-order valence-corrected chi connectivity index (χ1v) is 10.4. The summed E-state index contributed by atoms with van der Waals surface area (Å²) in [5, 5.41) is 4.44. The van der Waals surface area contributed by atoms with Crippen LogP contribution >= 0.6 is 11.6 Å². The molecule has 6 heteroatoms. The van der Waals surface area contributed by atoms with Crippen molar-refractivity contribution in [3.8, 4) is 16.9 Å². The second-order valence-corrected chi connectivity index (χ2v) is 7.49. The van der Waals surface area contributed by atoms with Crippen molar-refractivity contribution in [2.75, 3.05) is 6.61 Å². The minimum Gasteiger partial charge on any atom is -0.493 e. The van der Waals surface area contributed by atoms with Gasteiger partial charge in [-0.3, -0.25) is 4.79 Å². The third-order valence-electron chi connectivity index (χ3n) is 4.92. The van der Waals surface area contributed by atoms with Gasteiger partial charge in [0.1, 0.15) is 17.1 Å². The number of carbonyl (C=O) groups excluding carboxylic acids is 1. The number of hydrogen-bond donors (Lipinski definition) is 1. The molecule has 1 N–H and O–H groups in total. The molecule has 0 unspecified atom stereocenters. The standard InChI is InChI=1S/C25H22ClNO4/c1-3-29-23-13-24-21(22(15-31-24)17-6-8-18(26)9-7-17)12-20(23)16(2)11-25(28)27-14-19-5-4-10-30-19/h4-13,15H,3,14H2,1-2H3,(H,27,28)/b16-11+. The second-order valence-electron chi connectivity index (χ2n) is 7.06. The van der Waals surface area contributed by atoms with Gasteiger partial charge in [-0.25, -0.2) is 0 Å². The SMILES string of the molecule is CCOc1cc2occ(-c3ccc(Cl)cc3)c2cc1/C(C)=C/C(=O)NCc1ccco1. The summed E-state index contributed by atoms with van der Waals surface area (Å²) in [6.07, 6.45) is 4.87. The molecule has 4 aromatic rings. The van der Waals surface area contributed by atoms with Gasteiger partial charge in [0, 0.05) is 33.7 Å². The van der Waals surface area contributed by atoms with Gasteiger partial charge in [0.15, 0.2) is 0 Å². The lowest BCUT2D eigenvalue weighted by molar-refractivity contribution is -0.116. The molecule has 0 radical (unpaired) electrons. The Bertz CT molecular complexity index is 1220. The molecule has 1 amide bonds. The first-order chi connectivity index (χ1) is 15.0. The van der Waals surface area contributed by atoms with Crippen LogP contribution in [0.1, 0.15) is 25.2 Å². The Morgan fingerprint density at radius 3 is 2.68 bits per heavy atom. The van der Waals surface area contributed by atoms with E-state index in [1.165, 1.54) is 0 Å². The van der Waals surface area contributed by atoms with Crippen molar-refractivity contribution in [3.05, 3.63) is 83.5 Å². The predicted molar refractivity (Wildman–Crippen MR) is 122 cm³/mol. The minimum atomic E-state index is -0.207. The van der Waals surface area contributed by atoms with Gasteiger partial charge in [0.05, 0.1) is 25.7 Å². The van der Waals surface area contributed by atoms with Gasteiger partial charge in [0.25, 0.3) is 0 Å². The maximum atomic E-state index is 12.4. The smallest absolute Gasteiger partial charge is 0.244 e. The zero-order valence-electron chi connectivity index (χ0n) is 17.3. The highest BCUT2D eigenvalue weighted by atomic mass is 35.5. The van der Waals surface area contributed by atoms with E-state index in [9.17, 15) is 4.79 Å². The van der Waals surface area contributed by atoms with Crippen molar-refractivity contribution in [3.63, 3.8) is 0 Å². The Balaban J connectivity index is 1.68. The largest absolute Gasteiger partial charge is 0.493 e. The fraction of sp³-hybridized carbons (Fsp3) is 0.160. The van der Waals surface area contributed by atoms with E-state index in [0.29, 0.717) is 35.3 Å². The fourth-order valence-electron chi connectivity index (χ4n) is 3.40. The average Bonchev–Trinajstić information content (AvgIpc) is 3.42. The van der Waals surface area contributed by atoms with Gasteiger partial charge in [0.2, 0.25) is 5.91 Å². The monoisotopic (exact) mass is 435 g/mol. The van der Waals surface area contributed by atoms with Gasteiger partial charge in [-0.05, 0) is 55.3 Å². The molecule has 0 fully saturated rings. The van der Waals surface area contributed by atoms with Crippen LogP contribution in [0.2, 0.25) is 5.02 Å². The van der Waals surface area contributed by atoms with Gasteiger partial charge in [-0.15, -0.1) is 0 Å². The highest BCUT2D eigenvalue weighted by Crippen LogP contribution is 2.37. The maximum absolute atomic E-state index is 12.4. The third kappa shape index (κ3) is 4.67. The van der Waals surface area contributed by atoms with Crippen molar-refractivity contribution >= 4 is 34.1 Å². The molecule has 0 aliphatic heterocycles. The lowest BCUT2D eigenvalue weighted by Crippen LogP contribution is -2.20. The fourth-order valence-corrected chi connectivity index (χ4v) is 3.53. The molecule has 0 saturated carbocycles. The Labute approximate surface area is 185 Å². The van der Waals surface area contributed by atoms with Crippen LogP contribution in [0.25, 0.3) is 27.7 Å². The molecule has 0 bridgehead atoms. The third-order valence-corrected chi connectivity index (χ3v) is 5.17. The summed E-state index contributed by atoms with van der Waals surface area (Å²) >= 11 is 6.03. The van der Waals surface area contributed by atoms with Gasteiger partial charge < -0.3 is 18.9 Å². The number of allylic oxidation sites excluding steroid dienone is 1. The number of amides is 1. The summed E-state index contributed by atoms with van der Waals surface area (Å²) in [6.45, 7) is 4.64. The van der Waals surface area contributed by atoms with E-state index in [-0.39, 0.29) is 5.91 Å². The zero-order valence-corrected chi connectivity index (χ0v) is 18.0. The van der Waals surface area contributed by atoms with Gasteiger partial charge >= 0.3 is 0 Å². The van der Waals surface area contributed by atoms with Crippen LogP contribution in [0.15, 0.2) is 76.0 Å². The highest BCUT2D eigenvalue weighted by Gasteiger charge is 2.15. The van der Waals surface area contributed by atoms with Crippen LogP contribution in [0.5, 0.6) is 5.75 Å². The van der Waals surface area contributed by atoms with E-state index in [0.717, 1.165) is 27.6 Å². The highest BCUT2D eigenvalue weighted by molar-refractivity contribution is 6.30. The summed E-state index contributed by atoms with van der Waals surface area (Å²) in [4.78, 5) is 12.4. The van der Waals surface area contributed by atoms with Crippen LogP contribution in [0.3, 0.4) is 0 Å². The lowest BCUT2D eigenvalue weighted by Gasteiger charge is -2.12. The van der Waals surface area contributed by atoms with E-state index in [4.69, 9.17) is 25.2 Å². The Kier molecular flexibility index (Phi) is 6.14. The number of fused-ring (bicyclic) bond motifs is 1. The average molecular weight is 436 g/mol. The molecule has 0 spiro atoms. The molecule has 0 aliphatic carbocycles. The van der Waals surface area contributed by atoms with Gasteiger partial charge in [-0.2, -0.15) is 0 Å². The molecule has 0 atom stereocenters. The summed E-state index contributed by atoms with van der Waals surface area (Å²) in [5.41, 5.74) is 4.28. The quantitative estimate of drug-likeness (QED) is 0.338. The number of rotatable bonds is 7. The Morgan fingerprint density at radius 2 is 1.97 bits per heavy atom.